The van der Waals surface area contributed by atoms with Gasteiger partial charge in [-0.05, 0) is 55.8 Å². The van der Waals surface area contributed by atoms with E-state index in [9.17, 15) is 4.79 Å². The Morgan fingerprint density at radius 1 is 1.15 bits per heavy atom. The van der Waals surface area contributed by atoms with Gasteiger partial charge in [-0.1, -0.05) is 37.8 Å². The molecular weight excluding hydrogens is 487 g/mol. The monoisotopic (exact) mass is 517 g/mol. The topological polar surface area (TPSA) is 49.8 Å². The maximum Gasteiger partial charge on any atom is 0.235 e. The molecule has 1 atom stereocenters. The minimum absolute atomic E-state index is 0. The number of methoxy groups -OCH3 is 1. The van der Waals surface area contributed by atoms with Crippen LogP contribution in [-0.4, -0.2) is 36.2 Å². The van der Waals surface area contributed by atoms with Crippen LogP contribution in [0, 0.1) is 17.9 Å². The molecule has 2 aromatic rings. The number of carboxylic acids is 1. The molecule has 1 unspecified atom stereocenters. The van der Waals surface area contributed by atoms with Crippen LogP contribution in [-0.2, 0) is 42.9 Å². The van der Waals surface area contributed by atoms with E-state index in [2.05, 4.69) is 55.8 Å². The van der Waals surface area contributed by atoms with E-state index in [-0.39, 0.29) is 38.1 Å². The summed E-state index contributed by atoms with van der Waals surface area (Å²) in [6.07, 6.45) is 8.57. The van der Waals surface area contributed by atoms with Gasteiger partial charge in [-0.2, -0.15) is 11.6 Å². The summed E-state index contributed by atoms with van der Waals surface area (Å²) in [7, 11) is 4.01. The number of fused-ring (bicyclic) bond motifs is 1. The first kappa shape index (κ1) is 25.7. The standard InChI is InChI=1S/C28H30NO3.Y/c1-28(2)16-15-24(29(3)22-12-13-22)27-23(28)17-21(18-25(27)32-4)10-9-19-5-7-20(8-6-19)11-14-26(30)31;/h5-8,11,17-18,22,24H,12-13,15-16H2,1-4H3,(H,30,31);/q-1;. The zero-order chi connectivity index (χ0) is 22.9. The molecule has 0 saturated heterocycles. The molecule has 0 bridgehead atoms. The van der Waals surface area contributed by atoms with E-state index in [1.54, 1.807) is 7.11 Å². The number of nitrogens with zero attached hydrogens (tertiary/aromatic N) is 1. The van der Waals surface area contributed by atoms with Gasteiger partial charge in [0.15, 0.2) is 0 Å². The molecule has 0 amide bonds. The zero-order valence-corrected chi connectivity index (χ0v) is 22.7. The molecule has 4 rings (SSSR count). The third kappa shape index (κ3) is 5.96. The Bertz CT molecular complexity index is 1100. The van der Waals surface area contributed by atoms with Crippen molar-refractivity contribution in [2.75, 3.05) is 14.2 Å². The zero-order valence-electron chi connectivity index (χ0n) is 19.8. The molecule has 0 aliphatic heterocycles. The van der Waals surface area contributed by atoms with Gasteiger partial charge in [0.05, 0.1) is 7.11 Å². The summed E-state index contributed by atoms with van der Waals surface area (Å²) in [5.74, 6) is 6.40. The SMILES string of the molecule is COc1cc(C#Cc2ccc(C=[C-]C(=O)O)cc2)cc2c1C(N(C)C1CC1)CCC2(C)C.[Y]. The Morgan fingerprint density at radius 2 is 1.82 bits per heavy atom. The molecule has 2 aliphatic rings. The summed E-state index contributed by atoms with van der Waals surface area (Å²) in [6, 6.07) is 12.9. The van der Waals surface area contributed by atoms with E-state index in [4.69, 9.17) is 9.84 Å². The van der Waals surface area contributed by atoms with E-state index in [0.717, 1.165) is 35.3 Å². The molecule has 169 valence electrons. The molecule has 0 spiro atoms. The molecule has 4 nitrogen and oxygen atoms in total. The van der Waals surface area contributed by atoms with E-state index in [0.29, 0.717) is 12.1 Å². The van der Waals surface area contributed by atoms with Crippen LogP contribution in [0.25, 0.3) is 6.08 Å². The van der Waals surface area contributed by atoms with Crippen molar-refractivity contribution in [3.8, 4) is 17.6 Å². The summed E-state index contributed by atoms with van der Waals surface area (Å²) in [5, 5.41) is 8.70. The second-order valence-corrected chi connectivity index (χ2v) is 9.44. The number of carbonyl (C=O) groups is 1. The number of carboxylic acid groups (broad SMARTS) is 1. The number of rotatable bonds is 5. The second-order valence-electron chi connectivity index (χ2n) is 9.44. The van der Waals surface area contributed by atoms with Crippen molar-refractivity contribution in [3.05, 3.63) is 70.3 Å². The van der Waals surface area contributed by atoms with Crippen LogP contribution in [0.4, 0.5) is 0 Å². The summed E-state index contributed by atoms with van der Waals surface area (Å²) < 4.78 is 5.89. The Morgan fingerprint density at radius 3 is 2.42 bits per heavy atom. The van der Waals surface area contributed by atoms with Gasteiger partial charge < -0.3 is 9.84 Å². The van der Waals surface area contributed by atoms with Crippen molar-refractivity contribution in [1.82, 2.24) is 4.90 Å². The van der Waals surface area contributed by atoms with Gasteiger partial charge in [0, 0.05) is 61.5 Å². The molecule has 33 heavy (non-hydrogen) atoms. The Balaban J connectivity index is 0.00000306. The molecule has 0 heterocycles. The quantitative estimate of drug-likeness (QED) is 0.337. The average Bonchev–Trinajstić information content (AvgIpc) is 3.62. The number of hydrogen-bond donors (Lipinski definition) is 1. The molecular formula is C28H30NO3Y-. The molecule has 5 heteroatoms. The Labute approximate surface area is 222 Å². The predicted octanol–water partition coefficient (Wildman–Crippen LogP) is 5.20. The number of benzene rings is 2. The molecule has 2 aliphatic carbocycles. The van der Waals surface area contributed by atoms with Crippen LogP contribution in [0.3, 0.4) is 0 Å². The fourth-order valence-corrected chi connectivity index (χ4v) is 4.64. The van der Waals surface area contributed by atoms with Crippen LogP contribution in [0.1, 0.15) is 73.4 Å². The number of aliphatic carboxylic acids is 1. The Kier molecular flexibility index (Phi) is 8.22. The van der Waals surface area contributed by atoms with E-state index >= 15 is 0 Å². The molecule has 1 radical (unpaired) electrons. The van der Waals surface area contributed by atoms with Gasteiger partial charge in [-0.3, -0.25) is 9.69 Å². The first-order valence-corrected chi connectivity index (χ1v) is 11.2. The maximum absolute atomic E-state index is 10.6. The van der Waals surface area contributed by atoms with Crippen molar-refractivity contribution in [2.24, 2.45) is 0 Å². The van der Waals surface area contributed by atoms with Crippen LogP contribution in [0.5, 0.6) is 5.75 Å². The van der Waals surface area contributed by atoms with Gasteiger partial charge >= 0.3 is 0 Å². The fourth-order valence-electron chi connectivity index (χ4n) is 4.64. The van der Waals surface area contributed by atoms with E-state index in [1.165, 1.54) is 30.0 Å². The predicted molar refractivity (Wildman–Crippen MR) is 127 cm³/mol. The Hall–Kier alpha value is -1.93. The van der Waals surface area contributed by atoms with Gasteiger partial charge in [-0.25, -0.2) is 6.08 Å². The van der Waals surface area contributed by atoms with Gasteiger partial charge in [0.25, 0.3) is 0 Å². The summed E-state index contributed by atoms with van der Waals surface area (Å²) in [6.45, 7) is 4.63. The van der Waals surface area contributed by atoms with Gasteiger partial charge in [0.2, 0.25) is 5.97 Å². The van der Waals surface area contributed by atoms with Crippen molar-refractivity contribution in [3.63, 3.8) is 0 Å². The number of hydrogen-bond acceptors (Lipinski definition) is 3. The fraction of sp³-hybridized carbons (Fsp3) is 0.393. The third-order valence-corrected chi connectivity index (χ3v) is 6.71. The molecule has 0 aromatic heterocycles. The van der Waals surface area contributed by atoms with Crippen LogP contribution < -0.4 is 4.74 Å². The summed E-state index contributed by atoms with van der Waals surface area (Å²) >= 11 is 0. The molecule has 2 aromatic carbocycles. The van der Waals surface area contributed by atoms with Crippen molar-refractivity contribution >= 4 is 12.0 Å². The van der Waals surface area contributed by atoms with Crippen molar-refractivity contribution in [2.45, 2.75) is 57.0 Å². The van der Waals surface area contributed by atoms with Crippen LogP contribution in [0.2, 0.25) is 0 Å². The minimum Gasteiger partial charge on any atom is -0.496 e. The van der Waals surface area contributed by atoms with Gasteiger partial charge in [0.1, 0.15) is 5.75 Å². The number of ether oxygens (including phenoxy) is 1. The van der Waals surface area contributed by atoms with Crippen LogP contribution >= 0.6 is 0 Å². The summed E-state index contributed by atoms with van der Waals surface area (Å²) in [5.41, 5.74) is 5.35. The largest absolute Gasteiger partial charge is 0.496 e. The third-order valence-electron chi connectivity index (χ3n) is 6.71. The molecule has 1 N–H and O–H groups in total. The van der Waals surface area contributed by atoms with E-state index < -0.39 is 5.97 Å². The van der Waals surface area contributed by atoms with E-state index in [1.807, 2.05) is 24.3 Å². The first-order chi connectivity index (χ1) is 15.3. The maximum atomic E-state index is 10.6. The van der Waals surface area contributed by atoms with Crippen molar-refractivity contribution < 1.29 is 47.3 Å². The van der Waals surface area contributed by atoms with Crippen molar-refractivity contribution in [1.29, 1.82) is 0 Å². The van der Waals surface area contributed by atoms with Crippen LogP contribution in [0.15, 0.2) is 36.4 Å². The normalized spacial score (nSPS) is 18.8. The molecule has 1 saturated carbocycles. The first-order valence-electron chi connectivity index (χ1n) is 11.2. The minimum atomic E-state index is -1.08. The second kappa shape index (κ2) is 10.6. The molecule has 1 fully saturated rings. The summed E-state index contributed by atoms with van der Waals surface area (Å²) in [4.78, 5) is 13.2. The average molecular weight is 517 g/mol. The van der Waals surface area contributed by atoms with Gasteiger partial charge in [-0.15, -0.1) is 12.1 Å². The smallest absolute Gasteiger partial charge is 0.235 e.